The normalized spacial score (nSPS) is 16.5. The minimum absolute atomic E-state index is 0.0248. The SMILES string of the molecule is CCCCCCc1ccc(N2C(=O)CC[C@@H]2COCc2ccc(C(=O)O)s2)cc1. The molecule has 1 atom stereocenters. The van der Waals surface area contributed by atoms with Crippen LogP contribution < -0.4 is 4.90 Å². The van der Waals surface area contributed by atoms with E-state index in [2.05, 4.69) is 19.1 Å². The van der Waals surface area contributed by atoms with Crippen LogP contribution in [0.5, 0.6) is 0 Å². The third-order valence-corrected chi connectivity index (χ3v) is 6.33. The van der Waals surface area contributed by atoms with Crippen molar-refractivity contribution in [3.8, 4) is 0 Å². The van der Waals surface area contributed by atoms with Gasteiger partial charge < -0.3 is 14.7 Å². The summed E-state index contributed by atoms with van der Waals surface area (Å²) >= 11 is 1.23. The highest BCUT2D eigenvalue weighted by atomic mass is 32.1. The van der Waals surface area contributed by atoms with Gasteiger partial charge in [-0.05, 0) is 49.1 Å². The van der Waals surface area contributed by atoms with Crippen molar-refractivity contribution in [3.63, 3.8) is 0 Å². The van der Waals surface area contributed by atoms with Gasteiger partial charge in [-0.3, -0.25) is 4.79 Å². The maximum absolute atomic E-state index is 12.4. The molecule has 1 aromatic carbocycles. The molecule has 1 N–H and O–H groups in total. The first-order chi connectivity index (χ1) is 14.1. The van der Waals surface area contributed by atoms with E-state index >= 15 is 0 Å². The van der Waals surface area contributed by atoms with E-state index in [1.54, 1.807) is 12.1 Å². The Balaban J connectivity index is 1.53. The maximum atomic E-state index is 12.4. The molecule has 29 heavy (non-hydrogen) atoms. The minimum Gasteiger partial charge on any atom is -0.477 e. The fourth-order valence-electron chi connectivity index (χ4n) is 3.70. The molecule has 1 aliphatic heterocycles. The monoisotopic (exact) mass is 415 g/mol. The van der Waals surface area contributed by atoms with Crippen molar-refractivity contribution in [1.29, 1.82) is 0 Å². The second-order valence-corrected chi connectivity index (χ2v) is 8.69. The zero-order valence-corrected chi connectivity index (χ0v) is 17.7. The summed E-state index contributed by atoms with van der Waals surface area (Å²) < 4.78 is 5.82. The van der Waals surface area contributed by atoms with Crippen molar-refractivity contribution in [3.05, 3.63) is 51.7 Å². The van der Waals surface area contributed by atoms with Gasteiger partial charge in [-0.25, -0.2) is 4.79 Å². The van der Waals surface area contributed by atoms with Crippen molar-refractivity contribution in [2.24, 2.45) is 0 Å². The first-order valence-corrected chi connectivity index (χ1v) is 11.2. The molecule has 0 aliphatic carbocycles. The number of unbranched alkanes of at least 4 members (excludes halogenated alkanes) is 3. The Kier molecular flexibility index (Phi) is 7.83. The number of aryl methyl sites for hydroxylation is 1. The van der Waals surface area contributed by atoms with Crippen LogP contribution in [-0.4, -0.2) is 29.6 Å². The Bertz CT molecular complexity index is 815. The maximum Gasteiger partial charge on any atom is 0.345 e. The van der Waals surface area contributed by atoms with Crippen LogP contribution in [0.4, 0.5) is 5.69 Å². The average Bonchev–Trinajstić information content (AvgIpc) is 3.33. The molecule has 5 nitrogen and oxygen atoms in total. The number of ether oxygens (including phenoxy) is 1. The van der Waals surface area contributed by atoms with Crippen molar-refractivity contribution in [2.45, 2.75) is 64.5 Å². The molecule has 0 unspecified atom stereocenters. The molecule has 3 rings (SSSR count). The van der Waals surface area contributed by atoms with Gasteiger partial charge in [0.05, 0.1) is 19.3 Å². The van der Waals surface area contributed by atoms with Crippen molar-refractivity contribution in [2.75, 3.05) is 11.5 Å². The van der Waals surface area contributed by atoms with Crippen LogP contribution in [-0.2, 0) is 22.6 Å². The topological polar surface area (TPSA) is 66.8 Å². The summed E-state index contributed by atoms with van der Waals surface area (Å²) in [5.74, 6) is -0.777. The fourth-order valence-corrected chi connectivity index (χ4v) is 4.49. The molecular formula is C23H29NO4S. The number of carbonyl (C=O) groups is 2. The molecule has 0 saturated carbocycles. The Morgan fingerprint density at radius 1 is 1.17 bits per heavy atom. The number of benzene rings is 1. The largest absolute Gasteiger partial charge is 0.477 e. The van der Waals surface area contributed by atoms with Gasteiger partial charge in [-0.2, -0.15) is 0 Å². The van der Waals surface area contributed by atoms with E-state index in [4.69, 9.17) is 9.84 Å². The third-order valence-electron chi connectivity index (χ3n) is 5.29. The number of anilines is 1. The summed E-state index contributed by atoms with van der Waals surface area (Å²) in [4.78, 5) is 26.5. The first-order valence-electron chi connectivity index (χ1n) is 10.4. The van der Waals surface area contributed by atoms with Crippen LogP contribution >= 0.6 is 11.3 Å². The smallest absolute Gasteiger partial charge is 0.345 e. The van der Waals surface area contributed by atoms with E-state index in [9.17, 15) is 9.59 Å². The molecule has 1 aromatic heterocycles. The number of rotatable bonds is 11. The van der Waals surface area contributed by atoms with Crippen molar-refractivity contribution >= 4 is 28.9 Å². The second kappa shape index (κ2) is 10.6. The molecule has 156 valence electrons. The lowest BCUT2D eigenvalue weighted by Crippen LogP contribution is -2.36. The zero-order valence-electron chi connectivity index (χ0n) is 16.9. The first kappa shape index (κ1) is 21.5. The second-order valence-electron chi connectivity index (χ2n) is 7.52. The summed E-state index contributed by atoms with van der Waals surface area (Å²) in [5, 5.41) is 9.00. The molecule has 0 bridgehead atoms. The van der Waals surface area contributed by atoms with Crippen molar-refractivity contribution < 1.29 is 19.4 Å². The Hall–Kier alpha value is -2.18. The van der Waals surface area contributed by atoms with Crippen LogP contribution in [0.1, 0.15) is 65.6 Å². The lowest BCUT2D eigenvalue weighted by molar-refractivity contribution is -0.117. The van der Waals surface area contributed by atoms with Crippen LogP contribution in [0.3, 0.4) is 0 Å². The quantitative estimate of drug-likeness (QED) is 0.507. The van der Waals surface area contributed by atoms with Crippen LogP contribution in [0.2, 0.25) is 0 Å². The number of carbonyl (C=O) groups excluding carboxylic acids is 1. The van der Waals surface area contributed by atoms with Crippen LogP contribution in [0.15, 0.2) is 36.4 Å². The van der Waals surface area contributed by atoms with Gasteiger partial charge in [0, 0.05) is 17.0 Å². The third kappa shape index (κ3) is 5.90. The van der Waals surface area contributed by atoms with Gasteiger partial charge >= 0.3 is 5.97 Å². The molecule has 1 saturated heterocycles. The van der Waals surface area contributed by atoms with E-state index in [0.717, 1.165) is 23.4 Å². The number of thiophene rings is 1. The minimum atomic E-state index is -0.914. The number of carboxylic acid groups (broad SMARTS) is 1. The number of amides is 1. The average molecular weight is 416 g/mol. The molecule has 2 heterocycles. The van der Waals surface area contributed by atoms with E-state index in [-0.39, 0.29) is 11.9 Å². The summed E-state index contributed by atoms with van der Waals surface area (Å²) in [6.07, 6.45) is 7.40. The summed E-state index contributed by atoms with van der Waals surface area (Å²) in [7, 11) is 0. The number of aromatic carboxylic acids is 1. The highest BCUT2D eigenvalue weighted by Gasteiger charge is 2.32. The lowest BCUT2D eigenvalue weighted by atomic mass is 10.1. The highest BCUT2D eigenvalue weighted by Crippen LogP contribution is 2.28. The molecular weight excluding hydrogens is 386 g/mol. The molecule has 0 spiro atoms. The molecule has 1 aliphatic rings. The molecule has 0 radical (unpaired) electrons. The lowest BCUT2D eigenvalue weighted by Gasteiger charge is -2.25. The van der Waals surface area contributed by atoms with Gasteiger partial charge in [0.1, 0.15) is 4.88 Å². The number of hydrogen-bond acceptors (Lipinski definition) is 4. The standard InChI is InChI=1S/C23H29NO4S/c1-2-3-4-5-6-17-7-9-18(10-8-17)24-19(11-14-22(24)25)15-28-16-20-12-13-21(29-20)23(26)27/h7-10,12-13,19H,2-6,11,14-16H2,1H3,(H,26,27)/t19-/m1/s1. The summed E-state index contributed by atoms with van der Waals surface area (Å²) in [6, 6.07) is 11.8. The van der Waals surface area contributed by atoms with E-state index < -0.39 is 5.97 Å². The number of nitrogens with zero attached hydrogens (tertiary/aromatic N) is 1. The highest BCUT2D eigenvalue weighted by molar-refractivity contribution is 7.13. The van der Waals surface area contributed by atoms with Gasteiger partial charge in [-0.15, -0.1) is 11.3 Å². The Morgan fingerprint density at radius 3 is 2.66 bits per heavy atom. The zero-order chi connectivity index (χ0) is 20.6. The Labute approximate surface area is 176 Å². The van der Waals surface area contributed by atoms with Gasteiger partial charge in [0.2, 0.25) is 5.91 Å². The van der Waals surface area contributed by atoms with Crippen LogP contribution in [0, 0.1) is 0 Å². The molecule has 2 aromatic rings. The summed E-state index contributed by atoms with van der Waals surface area (Å²) in [5.41, 5.74) is 2.25. The van der Waals surface area contributed by atoms with Gasteiger partial charge in [0.15, 0.2) is 0 Å². The van der Waals surface area contributed by atoms with Gasteiger partial charge in [-0.1, -0.05) is 38.3 Å². The van der Waals surface area contributed by atoms with Crippen molar-refractivity contribution in [1.82, 2.24) is 0 Å². The van der Waals surface area contributed by atoms with E-state index in [1.165, 1.54) is 42.6 Å². The Morgan fingerprint density at radius 2 is 1.97 bits per heavy atom. The fraction of sp³-hybridized carbons (Fsp3) is 0.478. The molecule has 6 heteroatoms. The van der Waals surface area contributed by atoms with Gasteiger partial charge in [0.25, 0.3) is 0 Å². The number of hydrogen-bond donors (Lipinski definition) is 1. The van der Waals surface area contributed by atoms with Crippen LogP contribution in [0.25, 0.3) is 0 Å². The predicted molar refractivity (Wildman–Crippen MR) is 116 cm³/mol. The molecule has 1 fully saturated rings. The van der Waals surface area contributed by atoms with E-state index in [1.807, 2.05) is 17.0 Å². The van der Waals surface area contributed by atoms with E-state index in [0.29, 0.717) is 24.5 Å². The molecule has 1 amide bonds. The number of carboxylic acids is 1. The summed E-state index contributed by atoms with van der Waals surface area (Å²) in [6.45, 7) is 3.04. The predicted octanol–water partition coefficient (Wildman–Crippen LogP) is 5.28.